The molecule has 0 aliphatic carbocycles. The second-order valence-electron chi connectivity index (χ2n) is 6.94. The van der Waals surface area contributed by atoms with Gasteiger partial charge in [-0.1, -0.05) is 6.07 Å². The lowest BCUT2D eigenvalue weighted by Gasteiger charge is -2.41. The summed E-state index contributed by atoms with van der Waals surface area (Å²) in [6.07, 6.45) is 5.41. The van der Waals surface area contributed by atoms with Gasteiger partial charge in [0.15, 0.2) is 0 Å². The summed E-state index contributed by atoms with van der Waals surface area (Å²) in [5.41, 5.74) is 7.46. The number of anilines is 1. The predicted octanol–water partition coefficient (Wildman–Crippen LogP) is 3.01. The van der Waals surface area contributed by atoms with E-state index < -0.39 is 5.54 Å². The fourth-order valence-corrected chi connectivity index (χ4v) is 4.12. The Hall–Kier alpha value is -3.00. The van der Waals surface area contributed by atoms with Gasteiger partial charge in [0.25, 0.3) is 11.8 Å². The first-order valence-electron chi connectivity index (χ1n) is 8.52. The van der Waals surface area contributed by atoms with E-state index in [0.717, 1.165) is 16.0 Å². The van der Waals surface area contributed by atoms with Gasteiger partial charge in [-0.3, -0.25) is 9.59 Å². The van der Waals surface area contributed by atoms with Crippen molar-refractivity contribution in [3.63, 3.8) is 0 Å². The van der Waals surface area contributed by atoms with Crippen molar-refractivity contribution >= 4 is 34.8 Å². The molecule has 2 aromatic heterocycles. The molecule has 2 aliphatic heterocycles. The van der Waals surface area contributed by atoms with E-state index in [9.17, 15) is 9.59 Å². The van der Waals surface area contributed by atoms with Crippen LogP contribution in [-0.4, -0.2) is 37.9 Å². The molecule has 0 bridgehead atoms. The van der Waals surface area contributed by atoms with Gasteiger partial charge in [0.1, 0.15) is 22.9 Å². The largest absolute Gasteiger partial charge is 0.383 e. The van der Waals surface area contributed by atoms with Crippen molar-refractivity contribution in [3.05, 3.63) is 47.0 Å². The first-order chi connectivity index (χ1) is 12.8. The van der Waals surface area contributed by atoms with Crippen LogP contribution in [0.25, 0.3) is 10.6 Å². The van der Waals surface area contributed by atoms with Crippen LogP contribution in [0, 0.1) is 6.92 Å². The molecule has 0 spiro atoms. The molecule has 4 rings (SSSR count). The number of amides is 1. The number of nitrogens with two attached hydrogens (primary N) is 1. The van der Waals surface area contributed by atoms with E-state index in [2.05, 4.69) is 10.1 Å². The second-order valence-corrected chi connectivity index (χ2v) is 7.89. The summed E-state index contributed by atoms with van der Waals surface area (Å²) in [7, 11) is 0. The van der Waals surface area contributed by atoms with Crippen molar-refractivity contribution < 1.29 is 9.59 Å². The monoisotopic (exact) mass is 381 g/mol. The number of amidine groups is 1. The quantitative estimate of drug-likeness (QED) is 0.863. The zero-order valence-electron chi connectivity index (χ0n) is 15.3. The minimum absolute atomic E-state index is 0.0424. The summed E-state index contributed by atoms with van der Waals surface area (Å²) in [6, 6.07) is 3.86. The number of rotatable bonds is 2. The number of aliphatic imine (C=N–C) groups is 1. The fourth-order valence-electron chi connectivity index (χ4n) is 3.36. The van der Waals surface area contributed by atoms with Gasteiger partial charge in [0, 0.05) is 11.8 Å². The lowest BCUT2D eigenvalue weighted by molar-refractivity contribution is -0.120. The van der Waals surface area contributed by atoms with Gasteiger partial charge >= 0.3 is 0 Å². The highest BCUT2D eigenvalue weighted by molar-refractivity contribution is 7.13. The molecular weight excluding hydrogens is 362 g/mol. The lowest BCUT2D eigenvalue weighted by atomic mass is 9.90. The Morgan fingerprint density at radius 1 is 1.37 bits per heavy atom. The summed E-state index contributed by atoms with van der Waals surface area (Å²) in [6.45, 7) is 5.48. The minimum atomic E-state index is -1.15. The number of fused-ring (bicyclic) bond motifs is 1. The van der Waals surface area contributed by atoms with E-state index in [1.807, 2.05) is 37.4 Å². The first kappa shape index (κ1) is 17.4. The van der Waals surface area contributed by atoms with Crippen molar-refractivity contribution in [2.24, 2.45) is 4.99 Å². The smallest absolute Gasteiger partial charge is 0.275 e. The Kier molecular flexibility index (Phi) is 3.88. The van der Waals surface area contributed by atoms with E-state index in [4.69, 9.17) is 5.73 Å². The number of nitrogen functional groups attached to an aromatic ring is 1. The van der Waals surface area contributed by atoms with E-state index in [1.54, 1.807) is 24.1 Å². The van der Waals surface area contributed by atoms with Gasteiger partial charge in [0.2, 0.25) is 0 Å². The summed E-state index contributed by atoms with van der Waals surface area (Å²) in [5, 5.41) is 6.43. The Labute approximate surface area is 160 Å². The third-order valence-electron chi connectivity index (χ3n) is 4.93. The molecule has 8 heteroatoms. The Morgan fingerprint density at radius 3 is 2.85 bits per heavy atom. The maximum atomic E-state index is 13.5. The molecule has 0 saturated carbocycles. The number of hydrogen-bond donors (Lipinski definition) is 1. The highest BCUT2D eigenvalue weighted by atomic mass is 32.1. The topological polar surface area (TPSA) is 93.6 Å². The van der Waals surface area contributed by atoms with E-state index >= 15 is 0 Å². The number of hydrogen-bond acceptors (Lipinski definition) is 6. The highest BCUT2D eigenvalue weighted by Gasteiger charge is 2.47. The van der Waals surface area contributed by atoms with Crippen molar-refractivity contribution in [2.75, 3.05) is 5.73 Å². The van der Waals surface area contributed by atoms with Gasteiger partial charge in [-0.25, -0.2) is 0 Å². The standard InChI is InChI=1S/C19H19N5O2S/c1-11-6-7-23-14(9-11)21-15(25)10-19(23,3)18(26)24-17(20)12(2)16(22-24)13-5-4-8-27-13/h4-9H,10,20H2,1-3H3. The molecule has 1 amide bonds. The van der Waals surface area contributed by atoms with E-state index in [-0.39, 0.29) is 24.1 Å². The third kappa shape index (κ3) is 2.64. The molecule has 0 fully saturated rings. The van der Waals surface area contributed by atoms with Crippen molar-refractivity contribution in [1.82, 2.24) is 14.7 Å². The summed E-state index contributed by atoms with van der Waals surface area (Å²) >= 11 is 1.53. The van der Waals surface area contributed by atoms with Crippen LogP contribution in [0.2, 0.25) is 0 Å². The Bertz CT molecular complexity index is 1040. The summed E-state index contributed by atoms with van der Waals surface area (Å²) in [4.78, 5) is 32.5. The van der Waals surface area contributed by atoms with Gasteiger partial charge in [-0.15, -0.1) is 11.3 Å². The molecule has 27 heavy (non-hydrogen) atoms. The normalized spacial score (nSPS) is 21.7. The van der Waals surface area contributed by atoms with Crippen LogP contribution in [0.4, 0.5) is 5.82 Å². The molecule has 2 aromatic rings. The molecular formula is C19H19N5O2S. The average Bonchev–Trinajstić information content (AvgIpc) is 3.23. The van der Waals surface area contributed by atoms with Gasteiger partial charge < -0.3 is 10.6 Å². The maximum Gasteiger partial charge on any atom is 0.275 e. The molecule has 4 heterocycles. The number of allylic oxidation sites excluding steroid dienone is 2. The van der Waals surface area contributed by atoms with Crippen LogP contribution in [0.3, 0.4) is 0 Å². The highest BCUT2D eigenvalue weighted by Crippen LogP contribution is 2.34. The Balaban J connectivity index is 1.79. The molecule has 2 N–H and O–H groups in total. The average molecular weight is 381 g/mol. The van der Waals surface area contributed by atoms with E-state index in [0.29, 0.717) is 11.5 Å². The molecule has 2 aliphatic rings. The van der Waals surface area contributed by atoms with Gasteiger partial charge in [-0.2, -0.15) is 14.8 Å². The third-order valence-corrected chi connectivity index (χ3v) is 5.81. The number of aromatic nitrogens is 2. The molecule has 1 atom stereocenters. The summed E-state index contributed by atoms with van der Waals surface area (Å²) < 4.78 is 1.22. The fraction of sp³-hybridized carbons (Fsp3) is 0.263. The zero-order chi connectivity index (χ0) is 19.3. The predicted molar refractivity (Wildman–Crippen MR) is 106 cm³/mol. The lowest BCUT2D eigenvalue weighted by Crippen LogP contribution is -2.58. The summed E-state index contributed by atoms with van der Waals surface area (Å²) in [5.74, 6) is 0.0542. The zero-order valence-corrected chi connectivity index (χ0v) is 16.1. The van der Waals surface area contributed by atoms with E-state index in [1.165, 1.54) is 16.0 Å². The molecule has 7 nitrogen and oxygen atoms in total. The minimum Gasteiger partial charge on any atom is -0.383 e. The van der Waals surface area contributed by atoms with Crippen LogP contribution in [0.1, 0.15) is 30.6 Å². The molecule has 138 valence electrons. The molecule has 0 aromatic carbocycles. The molecule has 0 saturated heterocycles. The van der Waals surface area contributed by atoms with Crippen LogP contribution in [-0.2, 0) is 4.79 Å². The second kappa shape index (κ2) is 6.02. The van der Waals surface area contributed by atoms with Crippen LogP contribution in [0.15, 0.2) is 46.4 Å². The maximum absolute atomic E-state index is 13.5. The Morgan fingerprint density at radius 2 is 2.15 bits per heavy atom. The SMILES string of the molecule is CC1=CC2=NC(=O)CC(C)(C(=O)n3nc(-c4cccs4)c(C)c3N)N2C=C1. The number of thiophene rings is 1. The first-order valence-corrected chi connectivity index (χ1v) is 9.40. The molecule has 1 unspecified atom stereocenters. The number of nitrogens with zero attached hydrogens (tertiary/aromatic N) is 4. The number of carbonyl (C=O) groups is 2. The van der Waals surface area contributed by atoms with Crippen LogP contribution < -0.4 is 5.73 Å². The van der Waals surface area contributed by atoms with Crippen molar-refractivity contribution in [1.29, 1.82) is 0 Å². The molecule has 0 radical (unpaired) electrons. The number of carbonyl (C=O) groups excluding carboxylic acids is 2. The van der Waals surface area contributed by atoms with Crippen molar-refractivity contribution in [3.8, 4) is 10.6 Å². The van der Waals surface area contributed by atoms with Crippen LogP contribution in [0.5, 0.6) is 0 Å². The van der Waals surface area contributed by atoms with Crippen molar-refractivity contribution in [2.45, 2.75) is 32.7 Å². The van der Waals surface area contributed by atoms with Gasteiger partial charge in [0.05, 0.1) is 11.3 Å². The van der Waals surface area contributed by atoms with Crippen LogP contribution >= 0.6 is 11.3 Å². The van der Waals surface area contributed by atoms with Gasteiger partial charge in [-0.05, 0) is 49.9 Å².